The van der Waals surface area contributed by atoms with E-state index in [1.165, 1.54) is 205 Å². The zero-order valence-corrected chi connectivity index (χ0v) is 40.6. The van der Waals surface area contributed by atoms with Gasteiger partial charge >= 0.3 is 0 Å². The molecule has 9 nitrogen and oxygen atoms in total. The van der Waals surface area contributed by atoms with Gasteiger partial charge in [-0.1, -0.05) is 251 Å². The number of aliphatic hydroxyl groups excluding tert-OH is 5. The predicted molar refractivity (Wildman–Crippen MR) is 258 cm³/mol. The summed E-state index contributed by atoms with van der Waals surface area (Å²) < 4.78 is 11.2. The fraction of sp³-hybridized carbons (Fsp3) is 0.943. The molecular weight excluding hydrogens is 779 g/mol. The van der Waals surface area contributed by atoms with Crippen molar-refractivity contribution in [1.29, 1.82) is 0 Å². The van der Waals surface area contributed by atoms with Crippen molar-refractivity contribution < 1.29 is 39.8 Å². The van der Waals surface area contributed by atoms with Crippen molar-refractivity contribution in [3.8, 4) is 0 Å². The summed E-state index contributed by atoms with van der Waals surface area (Å²) >= 11 is 0. The van der Waals surface area contributed by atoms with Gasteiger partial charge in [-0.2, -0.15) is 0 Å². The Kier molecular flexibility index (Phi) is 41.6. The first-order chi connectivity index (χ1) is 30.3. The molecule has 1 fully saturated rings. The van der Waals surface area contributed by atoms with Gasteiger partial charge in [0.25, 0.3) is 0 Å². The zero-order chi connectivity index (χ0) is 45.1. The van der Waals surface area contributed by atoms with Crippen LogP contribution in [0.3, 0.4) is 0 Å². The molecule has 1 rings (SSSR count). The minimum Gasteiger partial charge on any atom is -0.394 e. The summed E-state index contributed by atoms with van der Waals surface area (Å²) in [4.78, 5) is 13.0. The Labute approximate surface area is 382 Å². The average molecular weight is 882 g/mol. The first-order valence-corrected chi connectivity index (χ1v) is 26.9. The summed E-state index contributed by atoms with van der Waals surface area (Å²) in [5, 5.41) is 54.1. The molecule has 6 N–H and O–H groups in total. The summed E-state index contributed by atoms with van der Waals surface area (Å²) in [6, 6.07) is -0.797. The highest BCUT2D eigenvalue weighted by molar-refractivity contribution is 5.76. The molecule has 1 aliphatic rings. The molecule has 368 valence electrons. The van der Waals surface area contributed by atoms with Crippen LogP contribution in [0.2, 0.25) is 0 Å². The van der Waals surface area contributed by atoms with Crippen LogP contribution in [-0.2, 0) is 14.3 Å². The SMILES string of the molecule is CCCCCCCCC/C=C/[C@@H](O)[C@H](CO[C@@H]1O[C@H](CO)[C@@H](O)C(O)C1O)NC(=O)CCCCCCCCCCCCCCCCCCCCCCCCCCCCCCCC. The minimum atomic E-state index is -1.56. The first kappa shape index (κ1) is 58.9. The lowest BCUT2D eigenvalue weighted by Crippen LogP contribution is -2.60. The summed E-state index contributed by atoms with van der Waals surface area (Å²) in [5.74, 6) is -0.174. The van der Waals surface area contributed by atoms with E-state index in [-0.39, 0.29) is 12.5 Å². The van der Waals surface area contributed by atoms with E-state index in [2.05, 4.69) is 19.2 Å². The Balaban J connectivity index is 2.08. The molecule has 0 aromatic carbocycles. The predicted octanol–water partition coefficient (Wildman–Crippen LogP) is 12.5. The molecule has 0 spiro atoms. The Morgan fingerprint density at radius 2 is 0.887 bits per heavy atom. The number of hydrogen-bond acceptors (Lipinski definition) is 8. The van der Waals surface area contributed by atoms with E-state index in [9.17, 15) is 30.3 Å². The minimum absolute atomic E-state index is 0.174. The van der Waals surface area contributed by atoms with Gasteiger partial charge in [0.05, 0.1) is 25.4 Å². The standard InChI is InChI=1S/C53H103NO8/c1-3-5-7-9-11-13-14-15-16-17-18-19-20-21-22-23-24-25-26-27-28-29-30-31-32-33-35-37-39-41-43-49(57)54-46(47(56)42-40-38-36-34-12-10-8-6-4-2)45-61-53-52(60)51(59)50(58)48(44-55)62-53/h40,42,46-48,50-53,55-56,58-60H,3-39,41,43-45H2,1-2H3,(H,54,57)/b42-40+/t46-,47+,48+,50+,51?,52?,53+/m0/s1. The highest BCUT2D eigenvalue weighted by Crippen LogP contribution is 2.23. The molecule has 0 aromatic rings. The maximum Gasteiger partial charge on any atom is 0.220 e. The van der Waals surface area contributed by atoms with Crippen LogP contribution < -0.4 is 5.32 Å². The largest absolute Gasteiger partial charge is 0.394 e. The van der Waals surface area contributed by atoms with Crippen LogP contribution in [0.15, 0.2) is 12.2 Å². The van der Waals surface area contributed by atoms with Crippen molar-refractivity contribution in [3.63, 3.8) is 0 Å². The topological polar surface area (TPSA) is 149 Å². The Bertz CT molecular complexity index is 981. The Morgan fingerprint density at radius 3 is 1.26 bits per heavy atom. The van der Waals surface area contributed by atoms with Gasteiger partial charge in [-0.05, 0) is 19.3 Å². The van der Waals surface area contributed by atoms with E-state index in [1.54, 1.807) is 6.08 Å². The van der Waals surface area contributed by atoms with Gasteiger partial charge in [-0.3, -0.25) is 4.79 Å². The number of carbonyl (C=O) groups excluding carboxylic acids is 1. The van der Waals surface area contributed by atoms with Crippen LogP contribution in [0.1, 0.15) is 264 Å². The molecule has 0 aliphatic carbocycles. The van der Waals surface area contributed by atoms with E-state index in [0.29, 0.717) is 6.42 Å². The van der Waals surface area contributed by atoms with Gasteiger partial charge in [0.1, 0.15) is 24.4 Å². The van der Waals surface area contributed by atoms with Gasteiger partial charge in [0, 0.05) is 6.42 Å². The molecule has 1 heterocycles. The van der Waals surface area contributed by atoms with E-state index < -0.39 is 49.5 Å². The van der Waals surface area contributed by atoms with E-state index in [1.807, 2.05) is 6.08 Å². The van der Waals surface area contributed by atoms with Crippen LogP contribution in [0, 0.1) is 0 Å². The highest BCUT2D eigenvalue weighted by atomic mass is 16.7. The molecule has 0 radical (unpaired) electrons. The van der Waals surface area contributed by atoms with Gasteiger partial charge in [-0.25, -0.2) is 0 Å². The van der Waals surface area contributed by atoms with E-state index >= 15 is 0 Å². The smallest absolute Gasteiger partial charge is 0.220 e. The molecule has 1 saturated heterocycles. The molecular formula is C53H103NO8. The number of allylic oxidation sites excluding steroid dienone is 1. The van der Waals surface area contributed by atoms with Crippen molar-refractivity contribution >= 4 is 5.91 Å². The van der Waals surface area contributed by atoms with Crippen molar-refractivity contribution in [3.05, 3.63) is 12.2 Å². The third kappa shape index (κ3) is 33.4. The Morgan fingerprint density at radius 1 is 0.532 bits per heavy atom. The van der Waals surface area contributed by atoms with Gasteiger partial charge < -0.3 is 40.3 Å². The van der Waals surface area contributed by atoms with Crippen LogP contribution in [0.4, 0.5) is 0 Å². The summed E-state index contributed by atoms with van der Waals surface area (Å²) in [6.45, 7) is 3.77. The second kappa shape index (κ2) is 43.8. The molecule has 7 atom stereocenters. The average Bonchev–Trinajstić information content (AvgIpc) is 3.27. The molecule has 62 heavy (non-hydrogen) atoms. The number of aliphatic hydroxyl groups is 5. The second-order valence-corrected chi connectivity index (χ2v) is 19.0. The molecule has 1 aliphatic heterocycles. The fourth-order valence-corrected chi connectivity index (χ4v) is 8.81. The highest BCUT2D eigenvalue weighted by Gasteiger charge is 2.44. The summed E-state index contributed by atoms with van der Waals surface area (Å²) in [7, 11) is 0. The van der Waals surface area contributed by atoms with Crippen molar-refractivity contribution in [2.45, 2.75) is 307 Å². The summed E-state index contributed by atoms with van der Waals surface area (Å²) in [6.07, 6.45) is 45.9. The maximum absolute atomic E-state index is 13.0. The lowest BCUT2D eigenvalue weighted by atomic mass is 9.99. The molecule has 0 bridgehead atoms. The molecule has 0 saturated carbocycles. The number of carbonyl (C=O) groups is 1. The Hall–Kier alpha value is -1.07. The third-order valence-corrected chi connectivity index (χ3v) is 13.1. The molecule has 9 heteroatoms. The van der Waals surface area contributed by atoms with E-state index in [4.69, 9.17) is 9.47 Å². The first-order valence-electron chi connectivity index (χ1n) is 26.9. The summed E-state index contributed by atoms with van der Waals surface area (Å²) in [5.41, 5.74) is 0. The molecule has 1 amide bonds. The van der Waals surface area contributed by atoms with E-state index in [0.717, 1.165) is 38.5 Å². The fourth-order valence-electron chi connectivity index (χ4n) is 8.81. The number of ether oxygens (including phenoxy) is 2. The molecule has 2 unspecified atom stereocenters. The van der Waals surface area contributed by atoms with Crippen LogP contribution in [0.25, 0.3) is 0 Å². The van der Waals surface area contributed by atoms with Crippen molar-refractivity contribution in [2.75, 3.05) is 13.2 Å². The van der Waals surface area contributed by atoms with Crippen molar-refractivity contribution in [1.82, 2.24) is 5.32 Å². The third-order valence-electron chi connectivity index (χ3n) is 13.1. The normalized spacial score (nSPS) is 20.3. The molecule has 0 aromatic heterocycles. The van der Waals surface area contributed by atoms with Crippen molar-refractivity contribution in [2.24, 2.45) is 0 Å². The van der Waals surface area contributed by atoms with Gasteiger partial charge in [-0.15, -0.1) is 0 Å². The zero-order valence-electron chi connectivity index (χ0n) is 40.6. The van der Waals surface area contributed by atoms with Gasteiger partial charge in [0.2, 0.25) is 5.91 Å². The second-order valence-electron chi connectivity index (χ2n) is 19.0. The number of amides is 1. The quantitative estimate of drug-likeness (QED) is 0.0261. The lowest BCUT2D eigenvalue weighted by molar-refractivity contribution is -0.302. The number of hydrogen-bond donors (Lipinski definition) is 6. The maximum atomic E-state index is 13.0. The number of rotatable bonds is 46. The number of unbranched alkanes of at least 4 members (excludes halogenated alkanes) is 36. The van der Waals surface area contributed by atoms with Gasteiger partial charge in [0.15, 0.2) is 6.29 Å². The lowest BCUT2D eigenvalue weighted by Gasteiger charge is -2.40. The van der Waals surface area contributed by atoms with Crippen LogP contribution in [0.5, 0.6) is 0 Å². The van der Waals surface area contributed by atoms with Crippen LogP contribution >= 0.6 is 0 Å². The van der Waals surface area contributed by atoms with Crippen LogP contribution in [-0.4, -0.2) is 87.5 Å². The number of nitrogens with one attached hydrogen (secondary N) is 1. The monoisotopic (exact) mass is 882 g/mol.